The van der Waals surface area contributed by atoms with Crippen LogP contribution in [-0.4, -0.2) is 52.2 Å². The van der Waals surface area contributed by atoms with Gasteiger partial charge in [-0.2, -0.15) is 0 Å². The average molecular weight is 365 g/mol. The van der Waals surface area contributed by atoms with Crippen LogP contribution in [0, 0.1) is 0 Å². The van der Waals surface area contributed by atoms with E-state index in [0.29, 0.717) is 17.9 Å². The number of carboxylic acid groups (broad SMARTS) is 1. The van der Waals surface area contributed by atoms with Crippen molar-refractivity contribution in [3.05, 3.63) is 48.0 Å². The van der Waals surface area contributed by atoms with Gasteiger partial charge in [0, 0.05) is 6.54 Å². The van der Waals surface area contributed by atoms with Crippen LogP contribution < -0.4 is 4.74 Å². The Kier molecular flexibility index (Phi) is 5.07. The third kappa shape index (κ3) is 3.95. The first-order valence-electron chi connectivity index (χ1n) is 9.38. The molecule has 2 heterocycles. The summed E-state index contributed by atoms with van der Waals surface area (Å²) in [5, 5.41) is 9.16. The van der Waals surface area contributed by atoms with Gasteiger partial charge in [0.2, 0.25) is 0 Å². The largest absolute Gasteiger partial charge is 0.491 e. The fourth-order valence-electron chi connectivity index (χ4n) is 3.53. The number of para-hydroxylation sites is 1. The number of fused-ring (bicyclic) bond motifs is 1. The molecule has 27 heavy (non-hydrogen) atoms. The van der Waals surface area contributed by atoms with E-state index >= 15 is 0 Å². The molecule has 6 nitrogen and oxygen atoms in total. The number of aromatic nitrogens is 2. The first-order valence-corrected chi connectivity index (χ1v) is 9.38. The molecule has 0 spiro atoms. The van der Waals surface area contributed by atoms with Crippen molar-refractivity contribution < 1.29 is 14.6 Å². The second-order valence-electron chi connectivity index (χ2n) is 6.87. The first-order chi connectivity index (χ1) is 13.2. The highest BCUT2D eigenvalue weighted by molar-refractivity contribution is 5.93. The van der Waals surface area contributed by atoms with E-state index in [9.17, 15) is 4.79 Å². The van der Waals surface area contributed by atoms with Crippen LogP contribution in [0.4, 0.5) is 0 Å². The van der Waals surface area contributed by atoms with Crippen molar-refractivity contribution in [3.63, 3.8) is 0 Å². The Morgan fingerprint density at radius 2 is 1.96 bits per heavy atom. The molecule has 3 aromatic rings. The molecule has 0 aliphatic carbocycles. The monoisotopic (exact) mass is 365 g/mol. The Bertz CT molecular complexity index is 945. The number of benzene rings is 2. The van der Waals surface area contributed by atoms with E-state index in [2.05, 4.69) is 14.9 Å². The summed E-state index contributed by atoms with van der Waals surface area (Å²) < 4.78 is 6.06. The van der Waals surface area contributed by atoms with Crippen molar-refractivity contribution in [2.24, 2.45) is 0 Å². The van der Waals surface area contributed by atoms with Gasteiger partial charge < -0.3 is 14.8 Å². The van der Waals surface area contributed by atoms with Crippen LogP contribution in [0.5, 0.6) is 5.75 Å². The zero-order chi connectivity index (χ0) is 18.6. The third-order valence-corrected chi connectivity index (χ3v) is 4.98. The number of carboxylic acids is 1. The number of rotatable bonds is 6. The predicted molar refractivity (Wildman–Crippen MR) is 104 cm³/mol. The summed E-state index contributed by atoms with van der Waals surface area (Å²) in [4.78, 5) is 21.4. The molecule has 0 atom stereocenters. The molecule has 2 N–H and O–H groups in total. The minimum atomic E-state index is -0.950. The van der Waals surface area contributed by atoms with E-state index in [-0.39, 0.29) is 5.56 Å². The molecule has 1 aliphatic heterocycles. The van der Waals surface area contributed by atoms with E-state index in [4.69, 9.17) is 9.84 Å². The lowest BCUT2D eigenvalue weighted by atomic mass is 10.1. The normalized spacial score (nSPS) is 15.1. The van der Waals surface area contributed by atoms with Gasteiger partial charge in [0.25, 0.3) is 0 Å². The number of carbonyl (C=O) groups is 1. The van der Waals surface area contributed by atoms with Crippen LogP contribution in [0.15, 0.2) is 42.5 Å². The highest BCUT2D eigenvalue weighted by atomic mass is 16.5. The smallest absolute Gasteiger partial charge is 0.335 e. The summed E-state index contributed by atoms with van der Waals surface area (Å²) in [6, 6.07) is 12.7. The maximum Gasteiger partial charge on any atom is 0.335 e. The average Bonchev–Trinajstić information content (AvgIpc) is 3.12. The first kappa shape index (κ1) is 17.5. The van der Waals surface area contributed by atoms with Gasteiger partial charge >= 0.3 is 5.97 Å². The van der Waals surface area contributed by atoms with Crippen molar-refractivity contribution in [1.82, 2.24) is 14.9 Å². The molecule has 0 bridgehead atoms. The summed E-state index contributed by atoms with van der Waals surface area (Å²) in [5.41, 5.74) is 2.55. The Morgan fingerprint density at radius 3 is 2.78 bits per heavy atom. The Labute approximate surface area is 157 Å². The van der Waals surface area contributed by atoms with Crippen LogP contribution in [0.25, 0.3) is 22.4 Å². The van der Waals surface area contributed by atoms with Crippen LogP contribution in [0.1, 0.15) is 29.6 Å². The number of nitrogens with one attached hydrogen (secondary N) is 1. The lowest BCUT2D eigenvalue weighted by molar-refractivity contribution is 0.0697. The number of aromatic carboxylic acids is 1. The summed E-state index contributed by atoms with van der Waals surface area (Å²) in [5.74, 6) is 0.516. The highest BCUT2D eigenvalue weighted by Crippen LogP contribution is 2.29. The third-order valence-electron chi connectivity index (χ3n) is 4.98. The van der Waals surface area contributed by atoms with Gasteiger partial charge in [-0.15, -0.1) is 0 Å². The number of imidazole rings is 1. The Hall–Kier alpha value is -2.86. The van der Waals surface area contributed by atoms with E-state index < -0.39 is 5.97 Å². The molecule has 140 valence electrons. The zero-order valence-electron chi connectivity index (χ0n) is 15.1. The second-order valence-corrected chi connectivity index (χ2v) is 6.87. The van der Waals surface area contributed by atoms with Crippen LogP contribution in [0.3, 0.4) is 0 Å². The molecular weight excluding hydrogens is 342 g/mol. The van der Waals surface area contributed by atoms with Crippen LogP contribution >= 0.6 is 0 Å². The molecule has 0 amide bonds. The lowest BCUT2D eigenvalue weighted by Gasteiger charge is -2.26. The quantitative estimate of drug-likeness (QED) is 0.695. The summed E-state index contributed by atoms with van der Waals surface area (Å²) in [6.45, 7) is 3.87. The summed E-state index contributed by atoms with van der Waals surface area (Å²) in [7, 11) is 0. The molecule has 6 heteroatoms. The molecule has 1 saturated heterocycles. The number of nitrogens with zero attached hydrogens (tertiary/aromatic N) is 2. The second kappa shape index (κ2) is 7.80. The number of aromatic amines is 1. The van der Waals surface area contributed by atoms with Gasteiger partial charge in [-0.3, -0.25) is 4.90 Å². The van der Waals surface area contributed by atoms with Crippen molar-refractivity contribution in [1.29, 1.82) is 0 Å². The van der Waals surface area contributed by atoms with Gasteiger partial charge in [0.05, 0.1) is 22.2 Å². The van der Waals surface area contributed by atoms with Crippen molar-refractivity contribution in [2.45, 2.75) is 19.3 Å². The Morgan fingerprint density at radius 1 is 1.15 bits per heavy atom. The van der Waals surface area contributed by atoms with Crippen LogP contribution in [-0.2, 0) is 0 Å². The fraction of sp³-hybridized carbons (Fsp3) is 0.333. The number of likely N-dealkylation sites (tertiary alicyclic amines) is 1. The van der Waals surface area contributed by atoms with Gasteiger partial charge in [0.1, 0.15) is 18.2 Å². The van der Waals surface area contributed by atoms with Gasteiger partial charge in [-0.1, -0.05) is 18.6 Å². The molecular formula is C21H23N3O3. The van der Waals surface area contributed by atoms with Crippen LogP contribution in [0.2, 0.25) is 0 Å². The number of hydrogen-bond donors (Lipinski definition) is 2. The van der Waals surface area contributed by atoms with Crippen molar-refractivity contribution in [2.75, 3.05) is 26.2 Å². The summed E-state index contributed by atoms with van der Waals surface area (Å²) >= 11 is 0. The highest BCUT2D eigenvalue weighted by Gasteiger charge is 2.14. The molecule has 0 saturated carbocycles. The minimum absolute atomic E-state index is 0.240. The van der Waals surface area contributed by atoms with Gasteiger partial charge in [0.15, 0.2) is 0 Å². The Balaban J connectivity index is 1.53. The van der Waals surface area contributed by atoms with E-state index in [1.807, 2.05) is 24.3 Å². The number of piperidine rings is 1. The van der Waals surface area contributed by atoms with Gasteiger partial charge in [-0.25, -0.2) is 9.78 Å². The van der Waals surface area contributed by atoms with E-state index in [1.165, 1.54) is 19.3 Å². The molecule has 2 aromatic carbocycles. The van der Waals surface area contributed by atoms with E-state index in [1.54, 1.807) is 18.2 Å². The number of hydrogen-bond acceptors (Lipinski definition) is 4. The van der Waals surface area contributed by atoms with Crippen molar-refractivity contribution >= 4 is 17.0 Å². The maximum atomic E-state index is 11.2. The maximum absolute atomic E-state index is 11.2. The molecule has 1 aromatic heterocycles. The summed E-state index contributed by atoms with van der Waals surface area (Å²) in [6.07, 6.45) is 3.87. The van der Waals surface area contributed by atoms with Gasteiger partial charge in [-0.05, 0) is 56.3 Å². The fourth-order valence-corrected chi connectivity index (χ4v) is 3.53. The molecule has 1 fully saturated rings. The predicted octanol–water partition coefficient (Wildman–Crippen LogP) is 3.79. The minimum Gasteiger partial charge on any atom is -0.491 e. The SMILES string of the molecule is O=C(O)c1ccc2nc(-c3ccccc3OCCN3CCCCC3)[nH]c2c1. The molecule has 1 aliphatic rings. The molecule has 0 unspecified atom stereocenters. The van der Waals surface area contributed by atoms with Crippen molar-refractivity contribution in [3.8, 4) is 17.1 Å². The standard InChI is InChI=1S/C21H23N3O3/c25-21(26)15-8-9-17-18(14-15)23-20(22-17)16-6-2-3-7-19(16)27-13-12-24-10-4-1-5-11-24/h2-3,6-9,14H,1,4-5,10-13H2,(H,22,23)(H,25,26). The number of ether oxygens (including phenoxy) is 1. The zero-order valence-corrected chi connectivity index (χ0v) is 15.1. The molecule has 0 radical (unpaired) electrons. The number of H-pyrrole nitrogens is 1. The topological polar surface area (TPSA) is 78.5 Å². The lowest BCUT2D eigenvalue weighted by Crippen LogP contribution is -2.33. The van der Waals surface area contributed by atoms with E-state index in [0.717, 1.165) is 36.5 Å². The molecule has 4 rings (SSSR count).